The predicted molar refractivity (Wildman–Crippen MR) is 93.2 cm³/mol. The van der Waals surface area contributed by atoms with E-state index in [0.29, 0.717) is 0 Å². The van der Waals surface area contributed by atoms with Crippen LogP contribution < -0.4 is 5.32 Å². The summed E-state index contributed by atoms with van der Waals surface area (Å²) in [6, 6.07) is 10.4. The van der Waals surface area contributed by atoms with Crippen LogP contribution in [0.3, 0.4) is 0 Å². The van der Waals surface area contributed by atoms with Crippen LogP contribution in [0.2, 0.25) is 0 Å². The number of benzene rings is 1. The van der Waals surface area contributed by atoms with Crippen molar-refractivity contribution in [2.24, 2.45) is 5.92 Å². The van der Waals surface area contributed by atoms with Crippen molar-refractivity contribution in [3.05, 3.63) is 42.4 Å². The highest BCUT2D eigenvalue weighted by molar-refractivity contribution is 5.55. The van der Waals surface area contributed by atoms with E-state index in [1.165, 1.54) is 19.3 Å². The molecular formula is C19H27N3O. The number of likely N-dealkylation sites (tertiary alicyclic amines) is 1. The lowest BCUT2D eigenvalue weighted by atomic mass is 9.93. The van der Waals surface area contributed by atoms with Crippen molar-refractivity contribution >= 4 is 0 Å². The van der Waals surface area contributed by atoms with Gasteiger partial charge in [-0.1, -0.05) is 30.3 Å². The van der Waals surface area contributed by atoms with E-state index in [9.17, 15) is 0 Å². The molecule has 1 saturated heterocycles. The molecule has 4 nitrogen and oxygen atoms in total. The van der Waals surface area contributed by atoms with Gasteiger partial charge in [-0.3, -0.25) is 4.90 Å². The van der Waals surface area contributed by atoms with Gasteiger partial charge in [0.25, 0.3) is 0 Å². The molecule has 23 heavy (non-hydrogen) atoms. The summed E-state index contributed by atoms with van der Waals surface area (Å²) in [4.78, 5) is 7.01. The fourth-order valence-electron chi connectivity index (χ4n) is 3.35. The van der Waals surface area contributed by atoms with E-state index >= 15 is 0 Å². The molecule has 3 rings (SSSR count). The lowest BCUT2D eigenvalue weighted by Gasteiger charge is -2.34. The zero-order chi connectivity index (χ0) is 16.1. The molecule has 1 fully saturated rings. The maximum Gasteiger partial charge on any atom is 0.211 e. The van der Waals surface area contributed by atoms with Crippen molar-refractivity contribution < 1.29 is 4.42 Å². The quantitative estimate of drug-likeness (QED) is 0.882. The average molecular weight is 313 g/mol. The van der Waals surface area contributed by atoms with Gasteiger partial charge < -0.3 is 9.73 Å². The highest BCUT2D eigenvalue weighted by Crippen LogP contribution is 2.29. The minimum atomic E-state index is 0.248. The third-order valence-electron chi connectivity index (χ3n) is 4.94. The molecule has 1 aromatic heterocycles. The molecule has 1 aliphatic rings. The van der Waals surface area contributed by atoms with E-state index in [2.05, 4.69) is 34.3 Å². The van der Waals surface area contributed by atoms with Gasteiger partial charge in [0.2, 0.25) is 5.89 Å². The van der Waals surface area contributed by atoms with E-state index in [4.69, 9.17) is 4.42 Å². The van der Waals surface area contributed by atoms with Gasteiger partial charge >= 0.3 is 0 Å². The van der Waals surface area contributed by atoms with Crippen molar-refractivity contribution in [1.82, 2.24) is 15.2 Å². The number of rotatable bonds is 6. The topological polar surface area (TPSA) is 41.3 Å². The third-order valence-corrected chi connectivity index (χ3v) is 4.94. The number of piperidine rings is 1. The third kappa shape index (κ3) is 4.01. The molecule has 1 aliphatic heterocycles. The number of hydrogen-bond acceptors (Lipinski definition) is 4. The SMILES string of the molecule is CNCCC1CCN(C(C)c2ncc(-c3ccccc3)o2)CC1. The molecular weight excluding hydrogens is 286 g/mol. The van der Waals surface area contributed by atoms with E-state index in [1.807, 2.05) is 31.4 Å². The van der Waals surface area contributed by atoms with Crippen molar-refractivity contribution in [3.63, 3.8) is 0 Å². The summed E-state index contributed by atoms with van der Waals surface area (Å²) in [6.07, 6.45) is 5.69. The first-order chi connectivity index (χ1) is 11.3. The maximum atomic E-state index is 6.01. The Balaban J connectivity index is 1.59. The van der Waals surface area contributed by atoms with Gasteiger partial charge in [0.05, 0.1) is 12.2 Å². The van der Waals surface area contributed by atoms with Gasteiger partial charge in [-0.15, -0.1) is 0 Å². The molecule has 0 amide bonds. The molecule has 1 N–H and O–H groups in total. The monoisotopic (exact) mass is 313 g/mol. The lowest BCUT2D eigenvalue weighted by molar-refractivity contribution is 0.122. The highest BCUT2D eigenvalue weighted by Gasteiger charge is 2.25. The lowest BCUT2D eigenvalue weighted by Crippen LogP contribution is -2.36. The first kappa shape index (κ1) is 16.2. The van der Waals surface area contributed by atoms with Crippen LogP contribution in [0.5, 0.6) is 0 Å². The molecule has 1 aromatic carbocycles. The summed E-state index contributed by atoms with van der Waals surface area (Å²) >= 11 is 0. The minimum absolute atomic E-state index is 0.248. The molecule has 4 heteroatoms. The fraction of sp³-hybridized carbons (Fsp3) is 0.526. The second-order valence-electron chi connectivity index (χ2n) is 6.48. The predicted octanol–water partition coefficient (Wildman–Crippen LogP) is 3.72. The summed E-state index contributed by atoms with van der Waals surface area (Å²) in [7, 11) is 2.03. The smallest absolute Gasteiger partial charge is 0.211 e. The Hall–Kier alpha value is -1.65. The molecule has 0 aliphatic carbocycles. The van der Waals surface area contributed by atoms with Crippen molar-refractivity contribution in [3.8, 4) is 11.3 Å². The summed E-state index contributed by atoms with van der Waals surface area (Å²) in [5.41, 5.74) is 1.09. The fourth-order valence-corrected chi connectivity index (χ4v) is 3.35. The Morgan fingerprint density at radius 3 is 2.70 bits per heavy atom. The zero-order valence-corrected chi connectivity index (χ0v) is 14.2. The molecule has 2 aromatic rings. The number of nitrogens with one attached hydrogen (secondary N) is 1. The zero-order valence-electron chi connectivity index (χ0n) is 14.2. The van der Waals surface area contributed by atoms with Crippen molar-refractivity contribution in [2.45, 2.75) is 32.2 Å². The summed E-state index contributed by atoms with van der Waals surface area (Å²) < 4.78 is 6.01. The molecule has 0 radical (unpaired) electrons. The van der Waals surface area contributed by atoms with Crippen molar-refractivity contribution in [2.75, 3.05) is 26.7 Å². The van der Waals surface area contributed by atoms with Gasteiger partial charge in [0.15, 0.2) is 5.76 Å². The van der Waals surface area contributed by atoms with Gasteiger partial charge in [-0.2, -0.15) is 0 Å². The highest BCUT2D eigenvalue weighted by atomic mass is 16.4. The number of nitrogens with zero attached hydrogens (tertiary/aromatic N) is 2. The molecule has 124 valence electrons. The van der Waals surface area contributed by atoms with Gasteiger partial charge in [-0.05, 0) is 58.8 Å². The van der Waals surface area contributed by atoms with Crippen LogP contribution in [-0.2, 0) is 0 Å². The van der Waals surface area contributed by atoms with Gasteiger partial charge in [0, 0.05) is 5.56 Å². The van der Waals surface area contributed by atoms with Crippen LogP contribution in [0.4, 0.5) is 0 Å². The maximum absolute atomic E-state index is 6.01. The van der Waals surface area contributed by atoms with Gasteiger partial charge in [0.1, 0.15) is 0 Å². The second kappa shape index (κ2) is 7.75. The molecule has 0 saturated carbocycles. The Kier molecular flexibility index (Phi) is 5.47. The number of hydrogen-bond donors (Lipinski definition) is 1. The first-order valence-corrected chi connectivity index (χ1v) is 8.67. The molecule has 1 unspecified atom stereocenters. The van der Waals surface area contributed by atoms with Crippen LogP contribution in [0.25, 0.3) is 11.3 Å². The normalized spacial score (nSPS) is 18.2. The average Bonchev–Trinajstić information content (AvgIpc) is 3.11. The molecule has 0 bridgehead atoms. The summed E-state index contributed by atoms with van der Waals surface area (Å²) in [5, 5.41) is 3.25. The number of oxazole rings is 1. The Morgan fingerprint density at radius 2 is 2.00 bits per heavy atom. The molecule has 1 atom stereocenters. The minimum Gasteiger partial charge on any atom is -0.439 e. The van der Waals surface area contributed by atoms with Crippen LogP contribution in [0.15, 0.2) is 40.9 Å². The van der Waals surface area contributed by atoms with Crippen molar-refractivity contribution in [1.29, 1.82) is 0 Å². The van der Waals surface area contributed by atoms with Crippen LogP contribution in [0.1, 0.15) is 38.1 Å². The summed E-state index contributed by atoms with van der Waals surface area (Å²) in [5.74, 6) is 2.55. The van der Waals surface area contributed by atoms with Gasteiger partial charge in [-0.25, -0.2) is 4.98 Å². The van der Waals surface area contributed by atoms with E-state index in [-0.39, 0.29) is 6.04 Å². The van der Waals surface area contributed by atoms with E-state index in [1.54, 1.807) is 0 Å². The van der Waals surface area contributed by atoms with Crippen LogP contribution in [-0.4, -0.2) is 36.6 Å². The second-order valence-corrected chi connectivity index (χ2v) is 6.48. The largest absolute Gasteiger partial charge is 0.439 e. The Morgan fingerprint density at radius 1 is 1.26 bits per heavy atom. The summed E-state index contributed by atoms with van der Waals surface area (Å²) in [6.45, 7) is 5.60. The standard InChI is InChI=1S/C19H27N3O/c1-15(22-12-9-16(10-13-22)8-11-20-2)19-21-14-18(23-19)17-6-4-3-5-7-17/h3-7,14-16,20H,8-13H2,1-2H3. The molecule has 2 heterocycles. The first-order valence-electron chi connectivity index (χ1n) is 8.67. The van der Waals surface area contributed by atoms with E-state index < -0.39 is 0 Å². The Bertz CT molecular complexity index is 588. The van der Waals surface area contributed by atoms with E-state index in [0.717, 1.165) is 42.8 Å². The van der Waals surface area contributed by atoms with Crippen LogP contribution in [0, 0.1) is 5.92 Å². The number of aromatic nitrogens is 1. The van der Waals surface area contributed by atoms with Crippen LogP contribution >= 0.6 is 0 Å². The Labute approximate surface area is 138 Å². The molecule has 0 spiro atoms.